The van der Waals surface area contributed by atoms with Crippen LogP contribution in [0.4, 0.5) is 0 Å². The number of benzene rings is 1. The summed E-state index contributed by atoms with van der Waals surface area (Å²) in [5, 5.41) is 9.59. The quantitative estimate of drug-likeness (QED) is 0.732. The van der Waals surface area contributed by atoms with Crippen molar-refractivity contribution in [2.45, 2.75) is 26.8 Å². The molecule has 2 N–H and O–H groups in total. The van der Waals surface area contributed by atoms with Crippen LogP contribution in [0.5, 0.6) is 5.75 Å². The van der Waals surface area contributed by atoms with Gasteiger partial charge < -0.3 is 9.94 Å². The van der Waals surface area contributed by atoms with Crippen molar-refractivity contribution in [2.75, 3.05) is 6.61 Å². The van der Waals surface area contributed by atoms with E-state index in [1.807, 2.05) is 19.1 Å². The summed E-state index contributed by atoms with van der Waals surface area (Å²) in [7, 11) is 0. The van der Waals surface area contributed by atoms with Crippen LogP contribution in [-0.4, -0.2) is 11.7 Å². The van der Waals surface area contributed by atoms with E-state index in [9.17, 15) is 5.11 Å². The minimum Gasteiger partial charge on any atom is -0.508 e. The van der Waals surface area contributed by atoms with Gasteiger partial charge in [0.2, 0.25) is 0 Å². The second kappa shape index (κ2) is 5.73. The number of rotatable bonds is 5. The van der Waals surface area contributed by atoms with E-state index >= 15 is 0 Å². The third kappa shape index (κ3) is 3.90. The van der Waals surface area contributed by atoms with Crippen LogP contribution in [0, 0.1) is 5.92 Å². The first-order chi connectivity index (χ1) is 7.11. The highest BCUT2D eigenvalue weighted by atomic mass is 16.6. The Bertz CT molecular complexity index is 299. The molecule has 0 bridgehead atoms. The van der Waals surface area contributed by atoms with Gasteiger partial charge in [-0.15, -0.1) is 0 Å². The highest BCUT2D eigenvalue weighted by molar-refractivity contribution is 5.33. The molecular formula is C12H19NO2. The zero-order chi connectivity index (χ0) is 11.3. The minimum atomic E-state index is -0.00931. The second-order valence-corrected chi connectivity index (χ2v) is 4.10. The Labute approximate surface area is 91.0 Å². The largest absolute Gasteiger partial charge is 0.508 e. The van der Waals surface area contributed by atoms with Gasteiger partial charge in [0.05, 0.1) is 12.6 Å². The molecule has 1 atom stereocenters. The average molecular weight is 209 g/mol. The van der Waals surface area contributed by atoms with Gasteiger partial charge in [-0.3, -0.25) is 0 Å². The highest BCUT2D eigenvalue weighted by Crippen LogP contribution is 2.22. The van der Waals surface area contributed by atoms with Crippen molar-refractivity contribution in [3.05, 3.63) is 29.8 Å². The number of para-hydroxylation sites is 1. The summed E-state index contributed by atoms with van der Waals surface area (Å²) >= 11 is 0. The lowest BCUT2D eigenvalue weighted by Crippen LogP contribution is -2.21. The molecule has 0 saturated heterocycles. The summed E-state index contributed by atoms with van der Waals surface area (Å²) in [6.07, 6.45) is 0. The summed E-state index contributed by atoms with van der Waals surface area (Å²) in [4.78, 5) is 5.31. The third-order valence-electron chi connectivity index (χ3n) is 2.08. The molecule has 0 spiro atoms. The highest BCUT2D eigenvalue weighted by Gasteiger charge is 2.09. The number of aromatic hydroxyl groups is 1. The molecule has 84 valence electrons. The molecule has 0 saturated carbocycles. The predicted molar refractivity (Wildman–Crippen MR) is 60.4 cm³/mol. The Kier molecular flexibility index (Phi) is 4.59. The van der Waals surface area contributed by atoms with Crippen LogP contribution in [0.25, 0.3) is 0 Å². The molecule has 0 aliphatic heterocycles. The molecule has 3 heteroatoms. The van der Waals surface area contributed by atoms with Crippen LogP contribution in [0.3, 0.4) is 0 Å². The van der Waals surface area contributed by atoms with Crippen LogP contribution >= 0.6 is 0 Å². The second-order valence-electron chi connectivity index (χ2n) is 4.10. The molecule has 0 aliphatic rings. The molecular weight excluding hydrogens is 190 g/mol. The minimum absolute atomic E-state index is 0.00931. The topological polar surface area (TPSA) is 41.5 Å². The van der Waals surface area contributed by atoms with E-state index in [0.29, 0.717) is 18.3 Å². The van der Waals surface area contributed by atoms with Gasteiger partial charge in [-0.1, -0.05) is 32.0 Å². The molecule has 0 aromatic heterocycles. The van der Waals surface area contributed by atoms with Gasteiger partial charge >= 0.3 is 0 Å². The molecule has 0 radical (unpaired) electrons. The smallest absolute Gasteiger partial charge is 0.120 e. The predicted octanol–water partition coefficient (Wildman–Crippen LogP) is 2.63. The normalized spacial score (nSPS) is 13.1. The summed E-state index contributed by atoms with van der Waals surface area (Å²) < 4.78 is 0. The lowest BCUT2D eigenvalue weighted by molar-refractivity contribution is 0.00368. The Morgan fingerprint density at radius 1 is 1.27 bits per heavy atom. The Balaban J connectivity index is 2.47. The number of hydrogen-bond acceptors (Lipinski definition) is 3. The van der Waals surface area contributed by atoms with Gasteiger partial charge in [-0.2, -0.15) is 5.48 Å². The molecule has 0 amide bonds. The van der Waals surface area contributed by atoms with Crippen molar-refractivity contribution >= 4 is 0 Å². The third-order valence-corrected chi connectivity index (χ3v) is 2.08. The maximum absolute atomic E-state index is 9.59. The zero-order valence-electron chi connectivity index (χ0n) is 9.53. The summed E-state index contributed by atoms with van der Waals surface area (Å²) in [6.45, 7) is 6.80. The molecule has 1 aromatic rings. The zero-order valence-corrected chi connectivity index (χ0v) is 9.53. The average Bonchev–Trinajstić information content (AvgIpc) is 2.17. The Morgan fingerprint density at radius 2 is 1.93 bits per heavy atom. The number of phenolic OH excluding ortho intramolecular Hbond substituents is 1. The van der Waals surface area contributed by atoms with Crippen molar-refractivity contribution in [3.8, 4) is 5.75 Å². The van der Waals surface area contributed by atoms with E-state index in [1.54, 1.807) is 12.1 Å². The van der Waals surface area contributed by atoms with E-state index in [1.165, 1.54) is 0 Å². The molecule has 15 heavy (non-hydrogen) atoms. The number of hydroxylamine groups is 1. The monoisotopic (exact) mass is 209 g/mol. The van der Waals surface area contributed by atoms with Gasteiger partial charge in [-0.25, -0.2) is 0 Å². The maximum atomic E-state index is 9.59. The standard InChI is InChI=1S/C12H19NO2/c1-9(2)8-15-13-10(3)11-6-4-5-7-12(11)14/h4-7,9-10,13-14H,8H2,1-3H3. The number of hydrogen-bond donors (Lipinski definition) is 2. The van der Waals surface area contributed by atoms with Gasteiger partial charge in [0.15, 0.2) is 0 Å². The van der Waals surface area contributed by atoms with Crippen LogP contribution in [-0.2, 0) is 4.84 Å². The molecule has 0 heterocycles. The van der Waals surface area contributed by atoms with Crippen LogP contribution in [0.2, 0.25) is 0 Å². The van der Waals surface area contributed by atoms with Crippen molar-refractivity contribution in [1.29, 1.82) is 0 Å². The Morgan fingerprint density at radius 3 is 2.53 bits per heavy atom. The fourth-order valence-electron chi connectivity index (χ4n) is 1.26. The fraction of sp³-hybridized carbons (Fsp3) is 0.500. The molecule has 1 unspecified atom stereocenters. The van der Waals surface area contributed by atoms with Gasteiger partial charge in [0, 0.05) is 5.56 Å². The van der Waals surface area contributed by atoms with Crippen LogP contribution in [0.15, 0.2) is 24.3 Å². The maximum Gasteiger partial charge on any atom is 0.120 e. The molecule has 1 aromatic carbocycles. The van der Waals surface area contributed by atoms with Crippen LogP contribution < -0.4 is 5.48 Å². The van der Waals surface area contributed by atoms with Gasteiger partial charge in [0.25, 0.3) is 0 Å². The van der Waals surface area contributed by atoms with Crippen molar-refractivity contribution in [2.24, 2.45) is 5.92 Å². The van der Waals surface area contributed by atoms with E-state index in [4.69, 9.17) is 4.84 Å². The van der Waals surface area contributed by atoms with E-state index in [0.717, 1.165) is 5.56 Å². The first-order valence-electron chi connectivity index (χ1n) is 5.26. The number of nitrogens with one attached hydrogen (secondary N) is 1. The summed E-state index contributed by atoms with van der Waals surface area (Å²) in [5.74, 6) is 0.791. The number of phenols is 1. The van der Waals surface area contributed by atoms with E-state index in [-0.39, 0.29) is 6.04 Å². The van der Waals surface area contributed by atoms with Crippen LogP contribution in [0.1, 0.15) is 32.4 Å². The van der Waals surface area contributed by atoms with E-state index < -0.39 is 0 Å². The lowest BCUT2D eigenvalue weighted by atomic mass is 10.1. The lowest BCUT2D eigenvalue weighted by Gasteiger charge is -2.16. The molecule has 1 rings (SSSR count). The Hall–Kier alpha value is -1.06. The van der Waals surface area contributed by atoms with Crippen molar-refractivity contribution in [1.82, 2.24) is 5.48 Å². The summed E-state index contributed by atoms with van der Waals surface area (Å²) in [6, 6.07) is 7.25. The fourth-order valence-corrected chi connectivity index (χ4v) is 1.26. The molecule has 3 nitrogen and oxygen atoms in total. The first kappa shape index (κ1) is 12.0. The van der Waals surface area contributed by atoms with E-state index in [2.05, 4.69) is 19.3 Å². The summed E-state index contributed by atoms with van der Waals surface area (Å²) in [5.41, 5.74) is 3.76. The van der Waals surface area contributed by atoms with Crippen molar-refractivity contribution < 1.29 is 9.94 Å². The van der Waals surface area contributed by atoms with Gasteiger partial charge in [-0.05, 0) is 18.9 Å². The molecule has 0 fully saturated rings. The van der Waals surface area contributed by atoms with Crippen molar-refractivity contribution in [3.63, 3.8) is 0 Å². The SMILES string of the molecule is CC(C)CONC(C)c1ccccc1O. The first-order valence-corrected chi connectivity index (χ1v) is 5.26. The molecule has 0 aliphatic carbocycles. The van der Waals surface area contributed by atoms with Gasteiger partial charge in [0.1, 0.15) is 5.75 Å².